The van der Waals surface area contributed by atoms with Crippen LogP contribution in [0.15, 0.2) is 24.4 Å². The Kier molecular flexibility index (Phi) is 4.79. The maximum absolute atomic E-state index is 12.9. The van der Waals surface area contributed by atoms with Crippen molar-refractivity contribution in [3.8, 4) is 0 Å². The van der Waals surface area contributed by atoms with Crippen molar-refractivity contribution < 1.29 is 18.0 Å². The monoisotopic (exact) mass is 406 g/mol. The van der Waals surface area contributed by atoms with Crippen LogP contribution in [0.5, 0.6) is 0 Å². The Bertz CT molecular complexity index is 1050. The fourth-order valence-electron chi connectivity index (χ4n) is 3.87. The van der Waals surface area contributed by atoms with Gasteiger partial charge in [-0.3, -0.25) is 9.48 Å². The minimum Gasteiger partial charge on any atom is -0.334 e. The fraction of sp³-hybridized carbons (Fsp3) is 0.474. The van der Waals surface area contributed by atoms with E-state index in [9.17, 15) is 18.0 Å². The van der Waals surface area contributed by atoms with Gasteiger partial charge in [0.05, 0.1) is 17.4 Å². The lowest BCUT2D eigenvalue weighted by molar-refractivity contribution is -0.141. The number of aryl methyl sites for hydroxylation is 3. The molecule has 3 aromatic rings. The van der Waals surface area contributed by atoms with E-state index in [0.717, 1.165) is 35.9 Å². The smallest absolute Gasteiger partial charge is 0.334 e. The molecule has 0 aliphatic carbocycles. The van der Waals surface area contributed by atoms with Crippen LogP contribution >= 0.6 is 0 Å². The second kappa shape index (κ2) is 7.16. The second-order valence-electron chi connectivity index (χ2n) is 7.31. The first-order valence-corrected chi connectivity index (χ1v) is 9.46. The SMILES string of the molecule is Cc1cc2nccc([C@@H]3CCCN3C(=O)CCn3nc(C(F)(F)F)cc3C)n2n1. The molecule has 4 heterocycles. The number of carbonyl (C=O) groups is 1. The molecule has 1 aliphatic rings. The van der Waals surface area contributed by atoms with Gasteiger partial charge < -0.3 is 4.90 Å². The first kappa shape index (κ1) is 19.4. The summed E-state index contributed by atoms with van der Waals surface area (Å²) in [6.45, 7) is 4.16. The van der Waals surface area contributed by atoms with Gasteiger partial charge in [0.2, 0.25) is 5.91 Å². The summed E-state index contributed by atoms with van der Waals surface area (Å²) in [6, 6.07) is 4.61. The van der Waals surface area contributed by atoms with Gasteiger partial charge in [0.25, 0.3) is 0 Å². The topological polar surface area (TPSA) is 68.3 Å². The van der Waals surface area contributed by atoms with Crippen LogP contribution in [0.2, 0.25) is 0 Å². The van der Waals surface area contributed by atoms with Crippen molar-refractivity contribution in [1.29, 1.82) is 0 Å². The van der Waals surface area contributed by atoms with Crippen molar-refractivity contribution in [3.05, 3.63) is 47.2 Å². The Morgan fingerprint density at radius 2 is 2.03 bits per heavy atom. The lowest BCUT2D eigenvalue weighted by Gasteiger charge is -2.25. The van der Waals surface area contributed by atoms with Crippen molar-refractivity contribution in [3.63, 3.8) is 0 Å². The first-order chi connectivity index (χ1) is 13.7. The molecular weight excluding hydrogens is 385 g/mol. The van der Waals surface area contributed by atoms with Crippen molar-refractivity contribution in [2.24, 2.45) is 0 Å². The van der Waals surface area contributed by atoms with Gasteiger partial charge in [0.1, 0.15) is 0 Å². The molecule has 4 rings (SSSR count). The summed E-state index contributed by atoms with van der Waals surface area (Å²) in [5.41, 5.74) is 1.91. The zero-order valence-electron chi connectivity index (χ0n) is 16.1. The first-order valence-electron chi connectivity index (χ1n) is 9.46. The third-order valence-electron chi connectivity index (χ3n) is 5.23. The van der Waals surface area contributed by atoms with Crippen LogP contribution in [-0.2, 0) is 17.5 Å². The molecule has 3 aromatic heterocycles. The number of rotatable bonds is 4. The molecular formula is C19H21F3N6O. The number of fused-ring (bicyclic) bond motifs is 1. The van der Waals surface area contributed by atoms with Gasteiger partial charge in [0.15, 0.2) is 11.3 Å². The van der Waals surface area contributed by atoms with E-state index in [1.807, 2.05) is 19.1 Å². The number of hydrogen-bond acceptors (Lipinski definition) is 4. The van der Waals surface area contributed by atoms with Crippen molar-refractivity contribution in [2.45, 2.75) is 51.9 Å². The minimum atomic E-state index is -4.49. The Hall–Kier alpha value is -2.91. The highest BCUT2D eigenvalue weighted by molar-refractivity contribution is 5.77. The van der Waals surface area contributed by atoms with Gasteiger partial charge in [-0.05, 0) is 38.8 Å². The van der Waals surface area contributed by atoms with Gasteiger partial charge in [0, 0.05) is 37.5 Å². The zero-order valence-corrected chi connectivity index (χ0v) is 16.1. The van der Waals surface area contributed by atoms with Crippen molar-refractivity contribution in [2.75, 3.05) is 6.54 Å². The number of carbonyl (C=O) groups excluding carboxylic acids is 1. The van der Waals surface area contributed by atoms with Gasteiger partial charge in [-0.2, -0.15) is 23.4 Å². The average molecular weight is 406 g/mol. The molecule has 29 heavy (non-hydrogen) atoms. The average Bonchev–Trinajstić information content (AvgIpc) is 3.35. The lowest BCUT2D eigenvalue weighted by atomic mass is 10.1. The van der Waals surface area contributed by atoms with E-state index in [-0.39, 0.29) is 24.9 Å². The van der Waals surface area contributed by atoms with Gasteiger partial charge in [-0.15, -0.1) is 0 Å². The van der Waals surface area contributed by atoms with Crippen LogP contribution in [0.4, 0.5) is 13.2 Å². The molecule has 154 valence electrons. The van der Waals surface area contributed by atoms with E-state index in [1.165, 1.54) is 4.68 Å². The van der Waals surface area contributed by atoms with Crippen LogP contribution in [0.3, 0.4) is 0 Å². The number of amides is 1. The normalized spacial score (nSPS) is 17.4. The molecule has 1 saturated heterocycles. The molecule has 7 nitrogen and oxygen atoms in total. The van der Waals surface area contributed by atoms with E-state index in [4.69, 9.17) is 0 Å². The van der Waals surface area contributed by atoms with E-state index in [0.29, 0.717) is 12.2 Å². The third kappa shape index (κ3) is 3.70. The summed E-state index contributed by atoms with van der Waals surface area (Å²) in [5.74, 6) is -0.107. The number of nitrogens with zero attached hydrogens (tertiary/aromatic N) is 6. The van der Waals surface area contributed by atoms with Gasteiger partial charge in [-0.1, -0.05) is 0 Å². The van der Waals surface area contributed by atoms with Crippen LogP contribution in [-0.4, -0.2) is 41.7 Å². The molecule has 0 saturated carbocycles. The van der Waals surface area contributed by atoms with E-state index < -0.39 is 11.9 Å². The summed E-state index contributed by atoms with van der Waals surface area (Å²) in [5, 5.41) is 8.08. The molecule has 10 heteroatoms. The molecule has 1 atom stereocenters. The van der Waals surface area contributed by atoms with Crippen molar-refractivity contribution in [1.82, 2.24) is 29.3 Å². The molecule has 1 amide bonds. The fourth-order valence-corrected chi connectivity index (χ4v) is 3.87. The number of halogens is 3. The largest absolute Gasteiger partial charge is 0.435 e. The summed E-state index contributed by atoms with van der Waals surface area (Å²) < 4.78 is 41.5. The van der Waals surface area contributed by atoms with Crippen LogP contribution in [0.25, 0.3) is 5.65 Å². The molecule has 0 radical (unpaired) electrons. The highest BCUT2D eigenvalue weighted by Gasteiger charge is 2.35. The predicted octanol–water partition coefficient (Wildman–Crippen LogP) is 3.32. The minimum absolute atomic E-state index is 0.0860. The maximum Gasteiger partial charge on any atom is 0.435 e. The third-order valence-corrected chi connectivity index (χ3v) is 5.23. The summed E-state index contributed by atoms with van der Waals surface area (Å²) >= 11 is 0. The van der Waals surface area contributed by atoms with Crippen molar-refractivity contribution >= 4 is 11.6 Å². The zero-order chi connectivity index (χ0) is 20.8. The summed E-state index contributed by atoms with van der Waals surface area (Å²) in [6.07, 6.45) is -1.03. The molecule has 0 spiro atoms. The number of hydrogen-bond donors (Lipinski definition) is 0. The van der Waals surface area contributed by atoms with E-state index in [2.05, 4.69) is 15.2 Å². The second-order valence-corrected chi connectivity index (χ2v) is 7.31. The quantitative estimate of drug-likeness (QED) is 0.667. The van der Waals surface area contributed by atoms with Gasteiger partial charge in [-0.25, -0.2) is 9.50 Å². The standard InChI is InChI=1S/C19H21F3N6O/c1-12-10-17-23-7-5-15(28(17)24-12)14-4-3-8-26(14)18(29)6-9-27-13(2)11-16(25-27)19(20,21)22/h5,7,10-11,14H,3-4,6,8-9H2,1-2H3/t14-/m0/s1. The molecule has 0 N–H and O–H groups in total. The predicted molar refractivity (Wildman–Crippen MR) is 98.0 cm³/mol. The molecule has 0 aromatic carbocycles. The Labute approximate surface area is 165 Å². The Balaban J connectivity index is 1.51. The Morgan fingerprint density at radius 3 is 2.76 bits per heavy atom. The molecule has 0 unspecified atom stereocenters. The van der Waals surface area contributed by atoms with E-state index >= 15 is 0 Å². The van der Waals surface area contributed by atoms with Crippen LogP contribution < -0.4 is 0 Å². The molecule has 1 aliphatic heterocycles. The van der Waals surface area contributed by atoms with Gasteiger partial charge >= 0.3 is 6.18 Å². The number of alkyl halides is 3. The lowest BCUT2D eigenvalue weighted by Crippen LogP contribution is -2.32. The highest BCUT2D eigenvalue weighted by atomic mass is 19.4. The number of aromatic nitrogens is 5. The molecule has 0 bridgehead atoms. The number of likely N-dealkylation sites (tertiary alicyclic amines) is 1. The van der Waals surface area contributed by atoms with Crippen LogP contribution in [0.1, 0.15) is 48.1 Å². The highest BCUT2D eigenvalue weighted by Crippen LogP contribution is 2.33. The van der Waals surface area contributed by atoms with Crippen LogP contribution in [0, 0.1) is 13.8 Å². The Morgan fingerprint density at radius 1 is 1.24 bits per heavy atom. The summed E-state index contributed by atoms with van der Waals surface area (Å²) in [4.78, 5) is 19.0. The van der Waals surface area contributed by atoms with E-state index in [1.54, 1.807) is 22.5 Å². The maximum atomic E-state index is 12.9. The molecule has 1 fully saturated rings. The summed E-state index contributed by atoms with van der Waals surface area (Å²) in [7, 11) is 0.